The van der Waals surface area contributed by atoms with Crippen LogP contribution in [0.2, 0.25) is 0 Å². The summed E-state index contributed by atoms with van der Waals surface area (Å²) in [6, 6.07) is 17.8. The molecule has 0 radical (unpaired) electrons. The SMILES string of the molecule is C=CC(=O)OCCCCOc1ccc(C=CC(=O)Oc2ccc3cc(OC(=O)C=Cc4ccc(OCCCCOC(=O)C=C)c(OCCCCCC)c4OCCCCCC)ccc3c2)c(OCCCCCC)c1OCCCCCC. The number of hydrogen-bond acceptors (Lipinski definition) is 14. The Kier molecular flexibility index (Phi) is 32.7. The summed E-state index contributed by atoms with van der Waals surface area (Å²) in [6.07, 6.45) is 27.2. The molecule has 0 atom stereocenters. The average Bonchev–Trinajstić information content (AvgIpc) is 3.46. The van der Waals surface area contributed by atoms with E-state index < -0.39 is 23.9 Å². The van der Waals surface area contributed by atoms with Gasteiger partial charge in [-0.1, -0.05) is 130 Å². The molecule has 80 heavy (non-hydrogen) atoms. The first-order valence-corrected chi connectivity index (χ1v) is 29.2. The van der Waals surface area contributed by atoms with E-state index in [0.29, 0.717) is 122 Å². The fourth-order valence-corrected chi connectivity index (χ4v) is 8.17. The lowest BCUT2D eigenvalue weighted by molar-refractivity contribution is -0.138. The molecule has 4 aromatic carbocycles. The molecule has 0 heterocycles. The first-order valence-electron chi connectivity index (χ1n) is 29.2. The summed E-state index contributed by atoms with van der Waals surface area (Å²) in [5, 5.41) is 1.53. The van der Waals surface area contributed by atoms with Gasteiger partial charge in [-0.3, -0.25) is 0 Å². The largest absolute Gasteiger partial charge is 0.490 e. The molecule has 0 bridgehead atoms. The van der Waals surface area contributed by atoms with Crippen molar-refractivity contribution in [2.45, 2.75) is 156 Å². The van der Waals surface area contributed by atoms with Crippen LogP contribution in [0.1, 0.15) is 167 Å². The Morgan fingerprint density at radius 3 is 1.04 bits per heavy atom. The average molecular weight is 1110 g/mol. The molecule has 0 fully saturated rings. The van der Waals surface area contributed by atoms with Crippen LogP contribution in [0.25, 0.3) is 22.9 Å². The highest BCUT2D eigenvalue weighted by molar-refractivity contribution is 5.93. The van der Waals surface area contributed by atoms with Crippen molar-refractivity contribution in [2.24, 2.45) is 0 Å². The van der Waals surface area contributed by atoms with Gasteiger partial charge >= 0.3 is 23.9 Å². The van der Waals surface area contributed by atoms with Gasteiger partial charge in [0.1, 0.15) is 11.5 Å². The molecular weight excluding hydrogens is 1020 g/mol. The third-order valence-electron chi connectivity index (χ3n) is 12.6. The molecule has 0 saturated heterocycles. The van der Waals surface area contributed by atoms with E-state index in [1.165, 1.54) is 12.2 Å². The quantitative estimate of drug-likeness (QED) is 0.0178. The van der Waals surface area contributed by atoms with Crippen molar-refractivity contribution in [3.63, 3.8) is 0 Å². The lowest BCUT2D eigenvalue weighted by Crippen LogP contribution is -2.08. The third kappa shape index (κ3) is 25.3. The predicted octanol–water partition coefficient (Wildman–Crippen LogP) is 15.7. The lowest BCUT2D eigenvalue weighted by atomic mass is 10.1. The monoisotopic (exact) mass is 1100 g/mol. The zero-order valence-corrected chi connectivity index (χ0v) is 48.2. The molecule has 14 nitrogen and oxygen atoms in total. The van der Waals surface area contributed by atoms with Crippen LogP contribution in [-0.4, -0.2) is 76.7 Å². The molecule has 0 spiro atoms. The first kappa shape index (κ1) is 65.3. The maximum absolute atomic E-state index is 13.4. The van der Waals surface area contributed by atoms with Crippen LogP contribution >= 0.6 is 0 Å². The maximum Gasteiger partial charge on any atom is 0.336 e. The van der Waals surface area contributed by atoms with E-state index in [0.717, 1.165) is 126 Å². The van der Waals surface area contributed by atoms with Crippen molar-refractivity contribution >= 4 is 46.8 Å². The Hall–Kier alpha value is -7.22. The van der Waals surface area contributed by atoms with Gasteiger partial charge in [0.05, 0.1) is 52.9 Å². The van der Waals surface area contributed by atoms with Gasteiger partial charge in [0.15, 0.2) is 23.0 Å². The van der Waals surface area contributed by atoms with Crippen LogP contribution < -0.4 is 37.9 Å². The topological polar surface area (TPSA) is 161 Å². The van der Waals surface area contributed by atoms with E-state index in [-0.39, 0.29) is 13.2 Å². The smallest absolute Gasteiger partial charge is 0.336 e. The minimum absolute atomic E-state index is 0.268. The zero-order valence-electron chi connectivity index (χ0n) is 48.2. The number of unbranched alkanes of at least 4 members (excludes halogenated alkanes) is 14. The second-order valence-corrected chi connectivity index (χ2v) is 19.3. The summed E-state index contributed by atoms with van der Waals surface area (Å²) >= 11 is 0. The normalized spacial score (nSPS) is 11.1. The third-order valence-corrected chi connectivity index (χ3v) is 12.6. The van der Waals surface area contributed by atoms with E-state index in [9.17, 15) is 19.2 Å². The molecule has 4 rings (SSSR count). The second kappa shape index (κ2) is 40.0. The Balaban J connectivity index is 1.49. The van der Waals surface area contributed by atoms with Crippen molar-refractivity contribution in [1.82, 2.24) is 0 Å². The van der Waals surface area contributed by atoms with Crippen LogP contribution in [0.15, 0.2) is 98.1 Å². The number of hydrogen-bond donors (Lipinski definition) is 0. The van der Waals surface area contributed by atoms with Gasteiger partial charge in [-0.25, -0.2) is 19.2 Å². The van der Waals surface area contributed by atoms with E-state index in [1.807, 2.05) is 24.3 Å². The van der Waals surface area contributed by atoms with E-state index in [1.54, 1.807) is 48.6 Å². The van der Waals surface area contributed by atoms with Gasteiger partial charge in [0, 0.05) is 35.4 Å². The molecule has 0 unspecified atom stereocenters. The Morgan fingerprint density at radius 1 is 0.362 bits per heavy atom. The molecule has 0 saturated carbocycles. The molecule has 0 aliphatic heterocycles. The van der Waals surface area contributed by atoms with Crippen LogP contribution in [0, 0.1) is 0 Å². The summed E-state index contributed by atoms with van der Waals surface area (Å²) in [5.74, 6) is 1.58. The molecule has 4 aromatic rings. The Labute approximate surface area is 475 Å². The van der Waals surface area contributed by atoms with E-state index in [2.05, 4.69) is 40.9 Å². The standard InChI is InChI=1S/C66H88O14/c1-7-13-17-21-45-75-63-51(31-37-57(65(63)77-47-23-19-15-9-3)71-41-25-27-43-73-59(67)11-5)33-39-61(69)79-55-35-29-54-50-56(36-30-53(54)49-55)80-62(70)40-34-52-32-38-58(72-42-26-28-44-74-60(68)12-6)66(78-48-24-20-16-10-4)64(52)76-46-22-18-14-8-2/h11-12,29-40,49-50H,5-10,13-28,41-48H2,1-4H3. The van der Waals surface area contributed by atoms with Crippen LogP contribution in [0.3, 0.4) is 0 Å². The van der Waals surface area contributed by atoms with Crippen molar-refractivity contribution in [2.75, 3.05) is 52.9 Å². The highest BCUT2D eigenvalue weighted by atomic mass is 16.6. The zero-order chi connectivity index (χ0) is 57.4. The number of benzene rings is 4. The van der Waals surface area contributed by atoms with E-state index in [4.69, 9.17) is 47.4 Å². The van der Waals surface area contributed by atoms with Crippen molar-refractivity contribution in [1.29, 1.82) is 0 Å². The predicted molar refractivity (Wildman–Crippen MR) is 316 cm³/mol. The summed E-state index contributed by atoms with van der Waals surface area (Å²) in [7, 11) is 0. The number of carbonyl (C=O) groups excluding carboxylic acids is 4. The molecule has 0 amide bonds. The van der Waals surface area contributed by atoms with Crippen LogP contribution in [0.4, 0.5) is 0 Å². The van der Waals surface area contributed by atoms with Gasteiger partial charge < -0.3 is 47.4 Å². The minimum atomic E-state index is -0.589. The lowest BCUT2D eigenvalue weighted by Gasteiger charge is -2.19. The number of ether oxygens (including phenoxy) is 10. The summed E-state index contributed by atoms with van der Waals surface area (Å²) in [5.41, 5.74) is 1.27. The fraction of sp³-hybridized carbons (Fsp3) is 0.485. The number of carbonyl (C=O) groups is 4. The van der Waals surface area contributed by atoms with Crippen LogP contribution in [0.5, 0.6) is 46.0 Å². The Bertz CT molecular complexity index is 2390. The van der Waals surface area contributed by atoms with Crippen LogP contribution in [-0.2, 0) is 28.7 Å². The molecule has 0 aliphatic carbocycles. The van der Waals surface area contributed by atoms with Gasteiger partial charge in [-0.15, -0.1) is 0 Å². The van der Waals surface area contributed by atoms with Gasteiger partial charge in [0.2, 0.25) is 11.5 Å². The van der Waals surface area contributed by atoms with Gasteiger partial charge in [-0.05, 0) is 123 Å². The molecular formula is C66H88O14. The fourth-order valence-electron chi connectivity index (χ4n) is 8.17. The molecule has 0 aliphatic rings. The number of esters is 4. The van der Waals surface area contributed by atoms with E-state index >= 15 is 0 Å². The highest BCUT2D eigenvalue weighted by Crippen LogP contribution is 2.43. The number of fused-ring (bicyclic) bond motifs is 1. The van der Waals surface area contributed by atoms with Crippen molar-refractivity contribution < 1.29 is 66.5 Å². The minimum Gasteiger partial charge on any atom is -0.490 e. The Morgan fingerprint density at radius 2 is 0.688 bits per heavy atom. The molecule has 14 heteroatoms. The molecule has 436 valence electrons. The number of rotatable bonds is 44. The summed E-state index contributed by atoms with van der Waals surface area (Å²) < 4.78 is 59.9. The second-order valence-electron chi connectivity index (χ2n) is 19.3. The van der Waals surface area contributed by atoms with Crippen molar-refractivity contribution in [3.8, 4) is 46.0 Å². The summed E-state index contributed by atoms with van der Waals surface area (Å²) in [6.45, 7) is 18.7. The van der Waals surface area contributed by atoms with Crippen molar-refractivity contribution in [3.05, 3.63) is 109 Å². The maximum atomic E-state index is 13.4. The summed E-state index contributed by atoms with van der Waals surface area (Å²) in [4.78, 5) is 49.7. The van der Waals surface area contributed by atoms with Gasteiger partial charge in [0.25, 0.3) is 0 Å². The van der Waals surface area contributed by atoms with Gasteiger partial charge in [-0.2, -0.15) is 0 Å². The highest BCUT2D eigenvalue weighted by Gasteiger charge is 2.20. The molecule has 0 aromatic heterocycles. The molecule has 0 N–H and O–H groups in total. The first-order chi connectivity index (χ1) is 39.1.